The number of anilines is 1. The van der Waals surface area contributed by atoms with Gasteiger partial charge >= 0.3 is 0 Å². The van der Waals surface area contributed by atoms with E-state index in [0.717, 1.165) is 52.5 Å². The van der Waals surface area contributed by atoms with Gasteiger partial charge in [0.2, 0.25) is 5.91 Å². The maximum absolute atomic E-state index is 12.6. The van der Waals surface area contributed by atoms with E-state index in [1.807, 2.05) is 43.3 Å². The van der Waals surface area contributed by atoms with Crippen molar-refractivity contribution < 1.29 is 14.3 Å². The summed E-state index contributed by atoms with van der Waals surface area (Å²) in [6.07, 6.45) is 6.04. The minimum atomic E-state index is -0.222. The van der Waals surface area contributed by atoms with Gasteiger partial charge in [-0.1, -0.05) is 18.9 Å². The van der Waals surface area contributed by atoms with E-state index in [2.05, 4.69) is 10.3 Å². The molecule has 1 aromatic carbocycles. The summed E-state index contributed by atoms with van der Waals surface area (Å²) in [6.45, 7) is 1.94. The molecular formula is C24H24N4O3S. The molecule has 32 heavy (non-hydrogen) atoms. The van der Waals surface area contributed by atoms with Crippen molar-refractivity contribution in [2.45, 2.75) is 38.6 Å². The Balaban J connectivity index is 1.43. The van der Waals surface area contributed by atoms with E-state index in [0.29, 0.717) is 11.4 Å². The molecule has 5 rings (SSSR count). The smallest absolute Gasteiger partial charge is 0.265 e. The van der Waals surface area contributed by atoms with Crippen LogP contribution in [0.5, 0.6) is 5.75 Å². The molecule has 1 aliphatic heterocycles. The molecule has 0 unspecified atom stereocenters. The van der Waals surface area contributed by atoms with Gasteiger partial charge in [0.15, 0.2) is 6.61 Å². The monoisotopic (exact) mass is 448 g/mol. The number of rotatable bonds is 5. The predicted molar refractivity (Wildman–Crippen MR) is 124 cm³/mol. The average Bonchev–Trinajstić information content (AvgIpc) is 3.45. The van der Waals surface area contributed by atoms with Crippen molar-refractivity contribution in [3.63, 3.8) is 0 Å². The topological polar surface area (TPSA) is 84.4 Å². The van der Waals surface area contributed by atoms with Crippen LogP contribution in [-0.2, 0) is 9.59 Å². The maximum atomic E-state index is 12.6. The van der Waals surface area contributed by atoms with Crippen molar-refractivity contribution in [3.05, 3.63) is 47.5 Å². The Bertz CT molecular complexity index is 1160. The van der Waals surface area contributed by atoms with E-state index in [1.54, 1.807) is 17.5 Å². The first-order valence-electron chi connectivity index (χ1n) is 10.8. The fourth-order valence-electron chi connectivity index (χ4n) is 4.27. The molecule has 0 bridgehead atoms. The molecule has 0 radical (unpaired) electrons. The molecule has 0 saturated heterocycles. The van der Waals surface area contributed by atoms with Crippen molar-refractivity contribution in [2.75, 3.05) is 18.1 Å². The van der Waals surface area contributed by atoms with E-state index < -0.39 is 0 Å². The number of carbonyl (C=O) groups excluding carboxylic acids is 2. The van der Waals surface area contributed by atoms with E-state index in [4.69, 9.17) is 9.72 Å². The SMILES string of the molecule is Cc1sc(-c2ccccn2)nc1-c1ccc2c(c1)N(CC(=O)NC1CCCC1)C(=O)CO2. The molecule has 2 aromatic heterocycles. The first-order valence-corrected chi connectivity index (χ1v) is 11.7. The lowest BCUT2D eigenvalue weighted by atomic mass is 10.1. The van der Waals surface area contributed by atoms with Gasteiger partial charge in [0.25, 0.3) is 5.91 Å². The Kier molecular flexibility index (Phi) is 5.61. The summed E-state index contributed by atoms with van der Waals surface area (Å²) in [5, 5.41) is 3.91. The van der Waals surface area contributed by atoms with Crippen LogP contribution in [0, 0.1) is 6.92 Å². The number of amides is 2. The summed E-state index contributed by atoms with van der Waals surface area (Å²) in [5.74, 6) is 0.242. The zero-order valence-corrected chi connectivity index (χ0v) is 18.7. The number of aromatic nitrogens is 2. The summed E-state index contributed by atoms with van der Waals surface area (Å²) in [7, 11) is 0. The van der Waals surface area contributed by atoms with Crippen LogP contribution < -0.4 is 15.0 Å². The maximum Gasteiger partial charge on any atom is 0.265 e. The molecule has 164 valence electrons. The van der Waals surface area contributed by atoms with Crippen molar-refractivity contribution in [3.8, 4) is 27.7 Å². The largest absolute Gasteiger partial charge is 0.482 e. The number of benzene rings is 1. The van der Waals surface area contributed by atoms with Gasteiger partial charge in [0.05, 0.1) is 17.1 Å². The van der Waals surface area contributed by atoms with Gasteiger partial charge in [-0.2, -0.15) is 0 Å². The number of ether oxygens (including phenoxy) is 1. The molecule has 0 atom stereocenters. The van der Waals surface area contributed by atoms with E-state index in [1.165, 1.54) is 4.90 Å². The van der Waals surface area contributed by atoms with Gasteiger partial charge in [-0.15, -0.1) is 11.3 Å². The summed E-state index contributed by atoms with van der Waals surface area (Å²) in [5.41, 5.74) is 3.15. The Morgan fingerprint density at radius 1 is 1.25 bits per heavy atom. The number of thiazole rings is 1. The van der Waals surface area contributed by atoms with Gasteiger partial charge in [0.1, 0.15) is 17.3 Å². The highest BCUT2D eigenvalue weighted by Gasteiger charge is 2.29. The molecular weight excluding hydrogens is 424 g/mol. The number of nitrogens with zero attached hydrogens (tertiary/aromatic N) is 3. The summed E-state index contributed by atoms with van der Waals surface area (Å²) in [6, 6.07) is 11.6. The minimum Gasteiger partial charge on any atom is -0.482 e. The number of fused-ring (bicyclic) bond motifs is 1. The van der Waals surface area contributed by atoms with Gasteiger partial charge in [-0.05, 0) is 50.1 Å². The van der Waals surface area contributed by atoms with Crippen molar-refractivity contribution in [1.82, 2.24) is 15.3 Å². The first kappa shape index (κ1) is 20.6. The van der Waals surface area contributed by atoms with Crippen LogP contribution in [0.15, 0.2) is 42.6 Å². The second-order valence-electron chi connectivity index (χ2n) is 8.14. The average molecular weight is 449 g/mol. The molecule has 3 aromatic rings. The fraction of sp³-hybridized carbons (Fsp3) is 0.333. The Morgan fingerprint density at radius 3 is 2.88 bits per heavy atom. The van der Waals surface area contributed by atoms with Gasteiger partial charge < -0.3 is 10.1 Å². The van der Waals surface area contributed by atoms with Crippen molar-refractivity contribution in [1.29, 1.82) is 0 Å². The third kappa shape index (κ3) is 4.10. The lowest BCUT2D eigenvalue weighted by Crippen LogP contribution is -2.46. The number of aryl methyl sites for hydroxylation is 1. The highest BCUT2D eigenvalue weighted by molar-refractivity contribution is 7.15. The molecule has 2 amide bonds. The normalized spacial score (nSPS) is 16.0. The van der Waals surface area contributed by atoms with Crippen LogP contribution in [-0.4, -0.2) is 41.0 Å². The highest BCUT2D eigenvalue weighted by atomic mass is 32.1. The van der Waals surface area contributed by atoms with Crippen LogP contribution in [0.4, 0.5) is 5.69 Å². The number of hydrogen-bond donors (Lipinski definition) is 1. The summed E-state index contributed by atoms with van der Waals surface area (Å²) >= 11 is 1.58. The van der Waals surface area contributed by atoms with E-state index >= 15 is 0 Å². The van der Waals surface area contributed by atoms with E-state index in [-0.39, 0.29) is 31.0 Å². The van der Waals surface area contributed by atoms with Crippen molar-refractivity contribution >= 4 is 28.8 Å². The van der Waals surface area contributed by atoms with Crippen LogP contribution in [0.25, 0.3) is 22.0 Å². The molecule has 1 fully saturated rings. The van der Waals surface area contributed by atoms with Crippen LogP contribution in [0.1, 0.15) is 30.6 Å². The first-order chi connectivity index (χ1) is 15.6. The third-order valence-corrected chi connectivity index (χ3v) is 6.87. The fourth-order valence-corrected chi connectivity index (χ4v) is 5.19. The minimum absolute atomic E-state index is 0.00954. The highest BCUT2D eigenvalue weighted by Crippen LogP contribution is 2.39. The Hall–Kier alpha value is -3.26. The van der Waals surface area contributed by atoms with Crippen LogP contribution >= 0.6 is 11.3 Å². The third-order valence-electron chi connectivity index (χ3n) is 5.88. The lowest BCUT2D eigenvalue weighted by Gasteiger charge is -2.29. The number of carbonyl (C=O) groups is 2. The number of pyridine rings is 1. The Morgan fingerprint density at radius 2 is 2.09 bits per heavy atom. The van der Waals surface area contributed by atoms with Crippen LogP contribution in [0.2, 0.25) is 0 Å². The van der Waals surface area contributed by atoms with Crippen molar-refractivity contribution in [2.24, 2.45) is 0 Å². The lowest BCUT2D eigenvalue weighted by molar-refractivity contribution is -0.125. The second-order valence-corrected chi connectivity index (χ2v) is 9.34. The molecule has 1 aliphatic carbocycles. The molecule has 8 heteroatoms. The standard InChI is InChI=1S/C24H24N4O3S/c1-15-23(27-24(32-15)18-8-4-5-11-25-18)16-9-10-20-19(12-16)28(22(30)14-31-20)13-21(29)26-17-6-2-3-7-17/h4-5,8-12,17H,2-3,6-7,13-14H2,1H3,(H,26,29). The quantitative estimate of drug-likeness (QED) is 0.639. The molecule has 0 spiro atoms. The van der Waals surface area contributed by atoms with Gasteiger partial charge in [-0.25, -0.2) is 4.98 Å². The zero-order valence-electron chi connectivity index (χ0n) is 17.8. The van der Waals surface area contributed by atoms with E-state index in [9.17, 15) is 9.59 Å². The molecule has 3 heterocycles. The second kappa shape index (κ2) is 8.70. The predicted octanol–water partition coefficient (Wildman–Crippen LogP) is 3.96. The summed E-state index contributed by atoms with van der Waals surface area (Å²) < 4.78 is 5.63. The van der Waals surface area contributed by atoms with Gasteiger partial charge in [0, 0.05) is 22.7 Å². The molecule has 1 N–H and O–H groups in total. The zero-order chi connectivity index (χ0) is 22.1. The Labute approximate surface area is 190 Å². The molecule has 7 nitrogen and oxygen atoms in total. The number of nitrogens with one attached hydrogen (secondary N) is 1. The van der Waals surface area contributed by atoms with Crippen LogP contribution in [0.3, 0.4) is 0 Å². The summed E-state index contributed by atoms with van der Waals surface area (Å²) in [4.78, 5) is 37.0. The number of hydrogen-bond acceptors (Lipinski definition) is 6. The molecule has 1 saturated carbocycles. The molecule has 2 aliphatic rings. The van der Waals surface area contributed by atoms with Gasteiger partial charge in [-0.3, -0.25) is 19.5 Å².